The van der Waals surface area contributed by atoms with Gasteiger partial charge in [-0.25, -0.2) is 0 Å². The monoisotopic (exact) mass is 379 g/mol. The van der Waals surface area contributed by atoms with Crippen LogP contribution in [0.5, 0.6) is 5.75 Å². The summed E-state index contributed by atoms with van der Waals surface area (Å²) in [5, 5.41) is 0. The van der Waals surface area contributed by atoms with Crippen molar-refractivity contribution in [3.63, 3.8) is 0 Å². The molecular weight excluding hydrogens is 350 g/mol. The topological polar surface area (TPSA) is 45.7 Å². The zero-order valence-electron chi connectivity index (χ0n) is 17.2. The van der Waals surface area contributed by atoms with Crippen LogP contribution in [0.25, 0.3) is 0 Å². The summed E-state index contributed by atoms with van der Waals surface area (Å²) in [7, 11) is 3.89. The highest BCUT2D eigenvalue weighted by Gasteiger charge is 2.47. The van der Waals surface area contributed by atoms with Gasteiger partial charge in [-0.1, -0.05) is 12.1 Å². The van der Waals surface area contributed by atoms with E-state index in [1.165, 1.54) is 5.56 Å². The Morgan fingerprint density at radius 2 is 1.79 bits per heavy atom. The Labute approximate surface area is 167 Å². The number of likely N-dealkylation sites (tertiary alicyclic amines) is 2. The maximum atomic E-state index is 13.0. The number of fused-ring (bicyclic) bond motifs is 1. The molecule has 1 aromatic heterocycles. The van der Waals surface area contributed by atoms with E-state index in [0.29, 0.717) is 24.3 Å². The van der Waals surface area contributed by atoms with Crippen LogP contribution in [-0.4, -0.2) is 54.5 Å². The molecule has 3 heterocycles. The molecule has 0 unspecified atom stereocenters. The van der Waals surface area contributed by atoms with Crippen LogP contribution in [0.3, 0.4) is 0 Å². The lowest BCUT2D eigenvalue weighted by molar-refractivity contribution is -0.129. The fourth-order valence-electron chi connectivity index (χ4n) is 5.07. The molecule has 0 radical (unpaired) electrons. The summed E-state index contributed by atoms with van der Waals surface area (Å²) in [4.78, 5) is 21.9. The van der Waals surface area contributed by atoms with Gasteiger partial charge in [-0.05, 0) is 62.2 Å². The Hall–Kier alpha value is -2.40. The summed E-state index contributed by atoms with van der Waals surface area (Å²) >= 11 is 0. The number of amides is 1. The molecule has 3 atom stereocenters. The predicted molar refractivity (Wildman–Crippen MR) is 109 cm³/mol. The quantitative estimate of drug-likeness (QED) is 0.819. The molecule has 2 fully saturated rings. The van der Waals surface area contributed by atoms with E-state index in [2.05, 4.69) is 34.0 Å². The van der Waals surface area contributed by atoms with Crippen molar-refractivity contribution < 1.29 is 9.53 Å². The molecule has 0 bridgehead atoms. The van der Waals surface area contributed by atoms with Gasteiger partial charge in [0.25, 0.3) is 0 Å². The SMILES string of the molecule is COc1ccc([C@H]2[C@@H]3CN(C(=O)Cc4cc(C)nc(C)c4)C[C@@H]3CN2C)cc1. The van der Waals surface area contributed by atoms with Gasteiger partial charge in [-0.2, -0.15) is 0 Å². The van der Waals surface area contributed by atoms with Crippen molar-refractivity contribution in [2.24, 2.45) is 11.8 Å². The van der Waals surface area contributed by atoms with E-state index in [1.807, 2.05) is 38.1 Å². The summed E-state index contributed by atoms with van der Waals surface area (Å²) in [5.74, 6) is 2.15. The van der Waals surface area contributed by atoms with Crippen LogP contribution < -0.4 is 4.74 Å². The number of aromatic nitrogens is 1. The first-order valence-electron chi connectivity index (χ1n) is 10.0. The van der Waals surface area contributed by atoms with Crippen LogP contribution in [0.4, 0.5) is 0 Å². The molecule has 0 N–H and O–H groups in total. The molecule has 0 spiro atoms. The van der Waals surface area contributed by atoms with Gasteiger partial charge in [0.05, 0.1) is 13.5 Å². The lowest BCUT2D eigenvalue weighted by Crippen LogP contribution is -2.34. The summed E-state index contributed by atoms with van der Waals surface area (Å²) in [6.07, 6.45) is 0.465. The van der Waals surface area contributed by atoms with E-state index < -0.39 is 0 Å². The third-order valence-electron chi connectivity index (χ3n) is 6.20. The predicted octanol–water partition coefficient (Wildman–Crippen LogP) is 3.01. The Bertz CT molecular complexity index is 844. The number of aryl methyl sites for hydroxylation is 2. The van der Waals surface area contributed by atoms with Crippen molar-refractivity contribution in [1.82, 2.24) is 14.8 Å². The Morgan fingerprint density at radius 1 is 1.11 bits per heavy atom. The number of hydrogen-bond acceptors (Lipinski definition) is 4. The standard InChI is InChI=1S/C23H29N3O2/c1-15-9-17(10-16(2)24-15)11-22(27)26-13-19-12-25(3)23(21(19)14-26)18-5-7-20(28-4)8-6-18/h5-10,19,21,23H,11-14H2,1-4H3/t19-,21+,23-/m0/s1. The maximum absolute atomic E-state index is 13.0. The number of carbonyl (C=O) groups excluding carboxylic acids is 1. The summed E-state index contributed by atoms with van der Waals surface area (Å²) in [5.41, 5.74) is 4.32. The molecule has 1 aromatic carbocycles. The fourth-order valence-corrected chi connectivity index (χ4v) is 5.07. The molecule has 2 aliphatic rings. The number of carbonyl (C=O) groups is 1. The fraction of sp³-hybridized carbons (Fsp3) is 0.478. The summed E-state index contributed by atoms with van der Waals surface area (Å²) in [6.45, 7) is 6.71. The summed E-state index contributed by atoms with van der Waals surface area (Å²) < 4.78 is 5.30. The van der Waals surface area contributed by atoms with E-state index in [0.717, 1.165) is 42.3 Å². The first-order valence-corrected chi connectivity index (χ1v) is 10.0. The van der Waals surface area contributed by atoms with Crippen molar-refractivity contribution in [2.75, 3.05) is 33.8 Å². The van der Waals surface area contributed by atoms with Crippen molar-refractivity contribution >= 4 is 5.91 Å². The first-order chi connectivity index (χ1) is 13.4. The van der Waals surface area contributed by atoms with Crippen LogP contribution in [0.1, 0.15) is 28.6 Å². The molecule has 148 valence electrons. The van der Waals surface area contributed by atoms with Gasteiger partial charge in [0.15, 0.2) is 0 Å². The number of benzene rings is 1. The lowest BCUT2D eigenvalue weighted by Gasteiger charge is -2.27. The lowest BCUT2D eigenvalue weighted by atomic mass is 9.89. The second-order valence-electron chi connectivity index (χ2n) is 8.32. The van der Waals surface area contributed by atoms with Gasteiger partial charge in [0, 0.05) is 43.0 Å². The van der Waals surface area contributed by atoms with E-state index >= 15 is 0 Å². The highest BCUT2D eigenvalue weighted by Crippen LogP contribution is 2.44. The normalized spacial score (nSPS) is 24.4. The molecular formula is C23H29N3O2. The molecule has 28 heavy (non-hydrogen) atoms. The average molecular weight is 380 g/mol. The van der Waals surface area contributed by atoms with Crippen molar-refractivity contribution in [2.45, 2.75) is 26.3 Å². The van der Waals surface area contributed by atoms with Crippen LogP contribution in [-0.2, 0) is 11.2 Å². The van der Waals surface area contributed by atoms with Crippen LogP contribution >= 0.6 is 0 Å². The van der Waals surface area contributed by atoms with Crippen molar-refractivity contribution in [1.29, 1.82) is 0 Å². The Balaban J connectivity index is 1.46. The first kappa shape index (κ1) is 18.9. The molecule has 0 saturated carbocycles. The highest BCUT2D eigenvalue weighted by atomic mass is 16.5. The van der Waals surface area contributed by atoms with E-state index in [1.54, 1.807) is 7.11 Å². The van der Waals surface area contributed by atoms with Gasteiger partial charge in [0.1, 0.15) is 5.75 Å². The van der Waals surface area contributed by atoms with Crippen LogP contribution in [0.2, 0.25) is 0 Å². The van der Waals surface area contributed by atoms with Crippen molar-refractivity contribution in [3.8, 4) is 5.75 Å². The zero-order chi connectivity index (χ0) is 19.8. The smallest absolute Gasteiger partial charge is 0.227 e. The van der Waals surface area contributed by atoms with Gasteiger partial charge >= 0.3 is 0 Å². The van der Waals surface area contributed by atoms with Crippen LogP contribution in [0.15, 0.2) is 36.4 Å². The minimum Gasteiger partial charge on any atom is -0.497 e. The number of hydrogen-bond donors (Lipinski definition) is 0. The van der Waals surface area contributed by atoms with Crippen molar-refractivity contribution in [3.05, 3.63) is 58.9 Å². The van der Waals surface area contributed by atoms with Crippen LogP contribution in [0, 0.1) is 25.7 Å². The molecule has 1 amide bonds. The average Bonchev–Trinajstić information content (AvgIpc) is 3.17. The maximum Gasteiger partial charge on any atom is 0.227 e. The van der Waals surface area contributed by atoms with Gasteiger partial charge < -0.3 is 9.64 Å². The molecule has 4 rings (SSSR count). The molecule has 0 aliphatic carbocycles. The summed E-state index contributed by atoms with van der Waals surface area (Å²) in [6, 6.07) is 12.8. The van der Waals surface area contributed by atoms with Gasteiger partial charge in [-0.15, -0.1) is 0 Å². The Kier molecular flexibility index (Phi) is 5.11. The van der Waals surface area contributed by atoms with E-state index in [9.17, 15) is 4.79 Å². The minimum atomic E-state index is 0.232. The second-order valence-corrected chi connectivity index (χ2v) is 8.32. The second kappa shape index (κ2) is 7.55. The van der Waals surface area contributed by atoms with Gasteiger partial charge in [-0.3, -0.25) is 14.7 Å². The molecule has 2 aromatic rings. The molecule has 2 saturated heterocycles. The largest absolute Gasteiger partial charge is 0.497 e. The molecule has 5 heteroatoms. The number of ether oxygens (including phenoxy) is 1. The number of nitrogens with zero attached hydrogens (tertiary/aromatic N) is 3. The van der Waals surface area contributed by atoms with E-state index in [-0.39, 0.29) is 5.91 Å². The minimum absolute atomic E-state index is 0.232. The third kappa shape index (κ3) is 3.63. The zero-order valence-corrected chi connectivity index (χ0v) is 17.2. The molecule has 5 nitrogen and oxygen atoms in total. The number of pyridine rings is 1. The number of rotatable bonds is 4. The third-order valence-corrected chi connectivity index (χ3v) is 6.20. The van der Waals surface area contributed by atoms with Gasteiger partial charge in [0.2, 0.25) is 5.91 Å². The Morgan fingerprint density at radius 3 is 2.43 bits per heavy atom. The number of methoxy groups -OCH3 is 1. The highest BCUT2D eigenvalue weighted by molar-refractivity contribution is 5.79. The molecule has 2 aliphatic heterocycles. The van der Waals surface area contributed by atoms with E-state index in [4.69, 9.17) is 4.74 Å².